The summed E-state index contributed by atoms with van der Waals surface area (Å²) >= 11 is 5.71. The highest BCUT2D eigenvalue weighted by molar-refractivity contribution is 6.31. The molecule has 0 aromatic heterocycles. The number of aliphatic hydroxyl groups is 1. The molecule has 2 aromatic carbocycles. The number of benzene rings is 2. The lowest BCUT2D eigenvalue weighted by atomic mass is 10.1. The standard InChI is InChI=1S/C9H12.C8H6ClN.C7H15NO/c1-3-9-7-5-4-6-8(9)2;1-6-2-3-7(5-10)8(9)4-6;1-7-2-3-8(6-7)4-5-9/h4-7H,3H2,1-2H3;2-4H,1H3;7,9H,2-6H2,1H3/t;;7-/m..0/s1. The first-order valence-corrected chi connectivity index (χ1v) is 10.3. The van der Waals surface area contributed by atoms with Crippen molar-refractivity contribution in [2.75, 3.05) is 26.2 Å². The van der Waals surface area contributed by atoms with Crippen LogP contribution in [-0.2, 0) is 6.42 Å². The summed E-state index contributed by atoms with van der Waals surface area (Å²) in [6.07, 6.45) is 2.45. The van der Waals surface area contributed by atoms with Gasteiger partial charge in [0.05, 0.1) is 17.2 Å². The van der Waals surface area contributed by atoms with E-state index in [1.54, 1.807) is 12.1 Å². The first-order valence-electron chi connectivity index (χ1n) is 9.95. The van der Waals surface area contributed by atoms with Gasteiger partial charge in [-0.1, -0.05) is 55.8 Å². The maximum Gasteiger partial charge on any atom is 0.101 e. The lowest BCUT2D eigenvalue weighted by Gasteiger charge is -2.11. The lowest BCUT2D eigenvalue weighted by Crippen LogP contribution is -2.23. The van der Waals surface area contributed by atoms with Crippen molar-refractivity contribution < 1.29 is 5.11 Å². The van der Waals surface area contributed by atoms with Crippen LogP contribution >= 0.6 is 11.6 Å². The average Bonchev–Trinajstić information content (AvgIpc) is 3.09. The van der Waals surface area contributed by atoms with Crippen molar-refractivity contribution in [2.45, 2.75) is 40.5 Å². The number of hydrogen-bond donors (Lipinski definition) is 1. The number of β-amino-alcohol motifs (C(OH)–C–C–N with tert-alkyl or cyclic N) is 1. The quantitative estimate of drug-likeness (QED) is 0.750. The molecular weight excluding hydrogens is 368 g/mol. The van der Waals surface area contributed by atoms with Gasteiger partial charge < -0.3 is 10.0 Å². The van der Waals surface area contributed by atoms with Crippen LogP contribution in [0.25, 0.3) is 0 Å². The molecule has 1 N–H and O–H groups in total. The van der Waals surface area contributed by atoms with Crippen molar-refractivity contribution >= 4 is 11.6 Å². The molecule has 3 rings (SSSR count). The van der Waals surface area contributed by atoms with Crippen molar-refractivity contribution in [1.82, 2.24) is 4.90 Å². The fourth-order valence-electron chi connectivity index (χ4n) is 3.09. The molecule has 1 aliphatic rings. The van der Waals surface area contributed by atoms with Crippen LogP contribution in [0.3, 0.4) is 0 Å². The zero-order valence-electron chi connectivity index (χ0n) is 17.6. The Morgan fingerprint density at radius 2 is 1.93 bits per heavy atom. The summed E-state index contributed by atoms with van der Waals surface area (Å²) < 4.78 is 0. The molecule has 1 heterocycles. The summed E-state index contributed by atoms with van der Waals surface area (Å²) in [5.74, 6) is 0.844. The van der Waals surface area contributed by atoms with Gasteiger partial charge in [0.1, 0.15) is 6.07 Å². The predicted octanol–water partition coefficient (Wildman–Crippen LogP) is 5.40. The van der Waals surface area contributed by atoms with E-state index in [2.05, 4.69) is 49.9 Å². The maximum absolute atomic E-state index is 8.57. The number of aliphatic hydroxyl groups excluding tert-OH is 1. The second-order valence-corrected chi connectivity index (χ2v) is 7.70. The number of nitriles is 1. The molecular formula is C24H33ClN2O. The molecule has 1 saturated heterocycles. The Hall–Kier alpha value is -1.86. The Kier molecular flexibility index (Phi) is 11.5. The summed E-state index contributed by atoms with van der Waals surface area (Å²) in [5, 5.41) is 17.6. The van der Waals surface area contributed by atoms with Gasteiger partial charge in [0.2, 0.25) is 0 Å². The molecule has 0 spiro atoms. The highest BCUT2D eigenvalue weighted by Crippen LogP contribution is 2.15. The van der Waals surface area contributed by atoms with E-state index in [0.717, 1.165) is 24.4 Å². The van der Waals surface area contributed by atoms with Crippen molar-refractivity contribution in [3.8, 4) is 6.07 Å². The minimum absolute atomic E-state index is 0.312. The zero-order chi connectivity index (χ0) is 20.9. The molecule has 3 nitrogen and oxygen atoms in total. The fourth-order valence-corrected chi connectivity index (χ4v) is 3.37. The third kappa shape index (κ3) is 8.89. The van der Waals surface area contributed by atoms with Crippen molar-refractivity contribution in [3.63, 3.8) is 0 Å². The monoisotopic (exact) mass is 400 g/mol. The van der Waals surface area contributed by atoms with Gasteiger partial charge in [0, 0.05) is 13.1 Å². The Morgan fingerprint density at radius 1 is 1.21 bits per heavy atom. The third-order valence-electron chi connectivity index (χ3n) is 4.81. The van der Waals surface area contributed by atoms with E-state index < -0.39 is 0 Å². The molecule has 0 unspecified atom stereocenters. The number of nitrogens with zero attached hydrogens (tertiary/aromatic N) is 2. The molecule has 0 saturated carbocycles. The van der Waals surface area contributed by atoms with E-state index >= 15 is 0 Å². The van der Waals surface area contributed by atoms with Gasteiger partial charge in [0.25, 0.3) is 0 Å². The molecule has 152 valence electrons. The predicted molar refractivity (Wildman–Crippen MR) is 119 cm³/mol. The van der Waals surface area contributed by atoms with Crippen LogP contribution in [-0.4, -0.2) is 36.2 Å². The van der Waals surface area contributed by atoms with E-state index in [4.69, 9.17) is 22.0 Å². The molecule has 1 fully saturated rings. The number of rotatable bonds is 3. The number of halogens is 1. The molecule has 0 amide bonds. The van der Waals surface area contributed by atoms with E-state index in [0.29, 0.717) is 17.2 Å². The van der Waals surface area contributed by atoms with Gasteiger partial charge in [0.15, 0.2) is 0 Å². The second kappa shape index (κ2) is 13.3. The Morgan fingerprint density at radius 3 is 2.39 bits per heavy atom. The minimum Gasteiger partial charge on any atom is -0.395 e. The second-order valence-electron chi connectivity index (χ2n) is 7.29. The summed E-state index contributed by atoms with van der Waals surface area (Å²) in [5.41, 5.74) is 4.47. The van der Waals surface area contributed by atoms with Gasteiger partial charge in [-0.25, -0.2) is 0 Å². The summed E-state index contributed by atoms with van der Waals surface area (Å²) in [7, 11) is 0. The van der Waals surface area contributed by atoms with Gasteiger partial charge >= 0.3 is 0 Å². The number of hydrogen-bond acceptors (Lipinski definition) is 3. The third-order valence-corrected chi connectivity index (χ3v) is 5.12. The van der Waals surface area contributed by atoms with Gasteiger partial charge in [-0.15, -0.1) is 0 Å². The molecule has 1 atom stereocenters. The van der Waals surface area contributed by atoms with Crippen LogP contribution in [0.5, 0.6) is 0 Å². The van der Waals surface area contributed by atoms with E-state index in [1.807, 2.05) is 19.1 Å². The Balaban J connectivity index is 0.000000210. The molecule has 1 aliphatic heterocycles. The van der Waals surface area contributed by atoms with Gasteiger partial charge in [-0.3, -0.25) is 0 Å². The minimum atomic E-state index is 0.312. The molecule has 0 bridgehead atoms. The topological polar surface area (TPSA) is 47.3 Å². The molecule has 28 heavy (non-hydrogen) atoms. The maximum atomic E-state index is 8.57. The van der Waals surface area contributed by atoms with Crippen LogP contribution in [0.4, 0.5) is 0 Å². The summed E-state index contributed by atoms with van der Waals surface area (Å²) in [4.78, 5) is 2.31. The lowest BCUT2D eigenvalue weighted by molar-refractivity contribution is 0.218. The van der Waals surface area contributed by atoms with Gasteiger partial charge in [-0.2, -0.15) is 5.26 Å². The van der Waals surface area contributed by atoms with Crippen molar-refractivity contribution in [2.24, 2.45) is 5.92 Å². The highest BCUT2D eigenvalue weighted by atomic mass is 35.5. The first kappa shape index (κ1) is 24.2. The summed E-state index contributed by atoms with van der Waals surface area (Å²) in [6.45, 7) is 12.1. The first-order chi connectivity index (χ1) is 13.4. The van der Waals surface area contributed by atoms with Crippen molar-refractivity contribution in [3.05, 3.63) is 69.7 Å². The zero-order valence-corrected chi connectivity index (χ0v) is 18.3. The largest absolute Gasteiger partial charge is 0.395 e. The normalized spacial score (nSPS) is 15.7. The van der Waals surface area contributed by atoms with E-state index in [1.165, 1.54) is 30.6 Å². The molecule has 2 aromatic rings. The summed E-state index contributed by atoms with van der Waals surface area (Å²) in [6, 6.07) is 15.8. The highest BCUT2D eigenvalue weighted by Gasteiger charge is 2.16. The van der Waals surface area contributed by atoms with Crippen LogP contribution in [0.15, 0.2) is 42.5 Å². The SMILES string of the molecule is CCc1ccccc1C.C[C@H]1CCN(CCO)C1.Cc1ccc(C#N)c(Cl)c1. The van der Waals surface area contributed by atoms with Crippen LogP contribution in [0.2, 0.25) is 5.02 Å². The number of likely N-dealkylation sites (tertiary alicyclic amines) is 1. The fraction of sp³-hybridized carbons (Fsp3) is 0.458. The average molecular weight is 401 g/mol. The van der Waals surface area contributed by atoms with Crippen LogP contribution < -0.4 is 0 Å². The smallest absolute Gasteiger partial charge is 0.101 e. The van der Waals surface area contributed by atoms with Crippen LogP contribution in [0, 0.1) is 31.1 Å². The number of aryl methyl sites for hydroxylation is 3. The molecule has 0 aliphatic carbocycles. The Labute approximate surface area is 175 Å². The van der Waals surface area contributed by atoms with E-state index in [-0.39, 0.29) is 0 Å². The molecule has 0 radical (unpaired) electrons. The van der Waals surface area contributed by atoms with Crippen molar-refractivity contribution in [1.29, 1.82) is 5.26 Å². The van der Waals surface area contributed by atoms with E-state index in [9.17, 15) is 0 Å². The Bertz CT molecular complexity index is 753. The van der Waals surface area contributed by atoms with Crippen LogP contribution in [0.1, 0.15) is 42.5 Å². The van der Waals surface area contributed by atoms with Gasteiger partial charge in [-0.05, 0) is 68.0 Å². The molecule has 4 heteroatoms.